The molecule has 0 bridgehead atoms. The maximum absolute atomic E-state index is 11.6. The number of rotatable bonds is 7. The third kappa shape index (κ3) is 3.60. The number of carbonyl (C=O) groups is 1. The summed E-state index contributed by atoms with van der Waals surface area (Å²) in [6, 6.07) is 0.677. The van der Waals surface area contributed by atoms with E-state index in [9.17, 15) is 4.79 Å². The zero-order chi connectivity index (χ0) is 14.7. The van der Waals surface area contributed by atoms with Crippen molar-refractivity contribution in [1.82, 2.24) is 20.4 Å². The molecule has 0 aromatic carbocycles. The number of hydrogen-bond acceptors (Lipinski definition) is 3. The van der Waals surface area contributed by atoms with Crippen molar-refractivity contribution in [3.63, 3.8) is 0 Å². The van der Waals surface area contributed by atoms with Gasteiger partial charge in [0, 0.05) is 42.9 Å². The Balaban J connectivity index is 1.83. The summed E-state index contributed by atoms with van der Waals surface area (Å²) in [5, 5.41) is 11.0. The van der Waals surface area contributed by atoms with E-state index in [0.717, 1.165) is 25.1 Å². The van der Waals surface area contributed by atoms with Crippen molar-refractivity contribution in [3.05, 3.63) is 17.0 Å². The number of hydrogen-bond donors (Lipinski definition) is 2. The molecule has 2 rings (SSSR count). The molecule has 1 aliphatic carbocycles. The van der Waals surface area contributed by atoms with E-state index >= 15 is 0 Å². The Morgan fingerprint density at radius 2 is 2.15 bits per heavy atom. The molecule has 1 unspecified atom stereocenters. The van der Waals surface area contributed by atoms with Gasteiger partial charge in [0.05, 0.1) is 5.69 Å². The fourth-order valence-electron chi connectivity index (χ4n) is 2.68. The van der Waals surface area contributed by atoms with Crippen LogP contribution in [0.5, 0.6) is 0 Å². The van der Waals surface area contributed by atoms with Crippen LogP contribution in [0.2, 0.25) is 0 Å². The van der Waals surface area contributed by atoms with E-state index in [1.165, 1.54) is 11.3 Å². The first-order valence-electron chi connectivity index (χ1n) is 7.59. The van der Waals surface area contributed by atoms with Crippen LogP contribution in [-0.4, -0.2) is 28.3 Å². The maximum atomic E-state index is 11.6. The van der Waals surface area contributed by atoms with Gasteiger partial charge in [0.2, 0.25) is 5.91 Å². The molecule has 1 aromatic rings. The van der Waals surface area contributed by atoms with Crippen LogP contribution in [0.1, 0.15) is 56.1 Å². The van der Waals surface area contributed by atoms with Gasteiger partial charge in [0.15, 0.2) is 0 Å². The zero-order valence-electron chi connectivity index (χ0n) is 13.0. The molecular formula is C15H26N4O. The molecule has 2 N–H and O–H groups in total. The van der Waals surface area contributed by atoms with Crippen molar-refractivity contribution >= 4 is 5.91 Å². The molecule has 5 heteroatoms. The SMILES string of the molecule is CCn1nc(C)c(C(C)NCCC(=O)NC2CC2)c1C. The van der Waals surface area contributed by atoms with E-state index in [1.807, 2.05) is 11.6 Å². The Kier molecular flexibility index (Phi) is 4.81. The minimum absolute atomic E-state index is 0.157. The van der Waals surface area contributed by atoms with E-state index in [1.54, 1.807) is 0 Å². The minimum Gasteiger partial charge on any atom is -0.353 e. The number of nitrogens with zero attached hydrogens (tertiary/aromatic N) is 2. The number of nitrogens with one attached hydrogen (secondary N) is 2. The van der Waals surface area contributed by atoms with Gasteiger partial charge in [-0.3, -0.25) is 9.48 Å². The van der Waals surface area contributed by atoms with Gasteiger partial charge in [-0.1, -0.05) is 0 Å². The number of aromatic nitrogens is 2. The molecule has 1 amide bonds. The zero-order valence-corrected chi connectivity index (χ0v) is 13.0. The predicted molar refractivity (Wildman–Crippen MR) is 79.6 cm³/mol. The van der Waals surface area contributed by atoms with Crippen LogP contribution >= 0.6 is 0 Å². The summed E-state index contributed by atoms with van der Waals surface area (Å²) in [7, 11) is 0. The third-order valence-corrected chi connectivity index (χ3v) is 3.92. The van der Waals surface area contributed by atoms with Crippen LogP contribution in [0.25, 0.3) is 0 Å². The molecule has 0 radical (unpaired) electrons. The number of carbonyl (C=O) groups excluding carboxylic acids is 1. The molecule has 20 heavy (non-hydrogen) atoms. The van der Waals surface area contributed by atoms with Crippen LogP contribution in [0.3, 0.4) is 0 Å². The molecule has 0 spiro atoms. The highest BCUT2D eigenvalue weighted by Crippen LogP contribution is 2.21. The quantitative estimate of drug-likeness (QED) is 0.800. The van der Waals surface area contributed by atoms with E-state index in [2.05, 4.69) is 36.5 Å². The number of amides is 1. The Morgan fingerprint density at radius 1 is 1.45 bits per heavy atom. The summed E-state index contributed by atoms with van der Waals surface area (Å²) in [5.74, 6) is 0.157. The summed E-state index contributed by atoms with van der Waals surface area (Å²) in [6.07, 6.45) is 2.83. The van der Waals surface area contributed by atoms with E-state index in [4.69, 9.17) is 0 Å². The Bertz CT molecular complexity index is 476. The lowest BCUT2D eigenvalue weighted by Crippen LogP contribution is -2.30. The van der Waals surface area contributed by atoms with Gasteiger partial charge in [-0.2, -0.15) is 5.10 Å². The topological polar surface area (TPSA) is 59.0 Å². The van der Waals surface area contributed by atoms with Gasteiger partial charge in [-0.25, -0.2) is 0 Å². The van der Waals surface area contributed by atoms with Gasteiger partial charge in [-0.15, -0.1) is 0 Å². The minimum atomic E-state index is 0.157. The third-order valence-electron chi connectivity index (χ3n) is 3.92. The lowest BCUT2D eigenvalue weighted by Gasteiger charge is -2.15. The lowest BCUT2D eigenvalue weighted by molar-refractivity contribution is -0.121. The highest BCUT2D eigenvalue weighted by molar-refractivity contribution is 5.76. The summed E-state index contributed by atoms with van der Waals surface area (Å²) < 4.78 is 2.03. The van der Waals surface area contributed by atoms with Crippen molar-refractivity contribution in [3.8, 4) is 0 Å². The first kappa shape index (κ1) is 15.0. The second-order valence-electron chi connectivity index (χ2n) is 5.67. The van der Waals surface area contributed by atoms with E-state index < -0.39 is 0 Å². The smallest absolute Gasteiger partial charge is 0.221 e. The summed E-state index contributed by atoms with van der Waals surface area (Å²) >= 11 is 0. The monoisotopic (exact) mass is 278 g/mol. The van der Waals surface area contributed by atoms with Crippen molar-refractivity contribution in [1.29, 1.82) is 0 Å². The molecule has 1 atom stereocenters. The second-order valence-corrected chi connectivity index (χ2v) is 5.67. The molecule has 0 saturated heterocycles. The van der Waals surface area contributed by atoms with Gasteiger partial charge >= 0.3 is 0 Å². The summed E-state index contributed by atoms with van der Waals surface area (Å²) in [4.78, 5) is 11.6. The van der Waals surface area contributed by atoms with Crippen LogP contribution in [0.4, 0.5) is 0 Å². The molecule has 5 nitrogen and oxygen atoms in total. The first-order valence-corrected chi connectivity index (χ1v) is 7.59. The average molecular weight is 278 g/mol. The molecule has 1 saturated carbocycles. The summed E-state index contributed by atoms with van der Waals surface area (Å²) in [6.45, 7) is 9.99. The van der Waals surface area contributed by atoms with Crippen molar-refractivity contribution in [2.75, 3.05) is 6.54 Å². The Hall–Kier alpha value is -1.36. The largest absolute Gasteiger partial charge is 0.353 e. The summed E-state index contributed by atoms with van der Waals surface area (Å²) in [5.41, 5.74) is 3.55. The van der Waals surface area contributed by atoms with E-state index in [0.29, 0.717) is 19.0 Å². The molecule has 112 valence electrons. The van der Waals surface area contributed by atoms with E-state index in [-0.39, 0.29) is 11.9 Å². The molecular weight excluding hydrogens is 252 g/mol. The van der Waals surface area contributed by atoms with Gasteiger partial charge in [0.25, 0.3) is 0 Å². The standard InChI is InChI=1S/C15H26N4O/c1-5-19-12(4)15(11(3)18-19)10(2)16-9-8-14(20)17-13-6-7-13/h10,13,16H,5-9H2,1-4H3,(H,17,20). The molecule has 1 aliphatic rings. The molecule has 1 fully saturated rings. The number of aryl methyl sites for hydroxylation is 2. The Labute approximate surface area is 121 Å². The van der Waals surface area contributed by atoms with Crippen LogP contribution < -0.4 is 10.6 Å². The van der Waals surface area contributed by atoms with Crippen LogP contribution in [0, 0.1) is 13.8 Å². The second kappa shape index (κ2) is 6.39. The fraction of sp³-hybridized carbons (Fsp3) is 0.733. The Morgan fingerprint density at radius 3 is 2.70 bits per heavy atom. The van der Waals surface area contributed by atoms with Gasteiger partial charge in [0.1, 0.15) is 0 Å². The highest BCUT2D eigenvalue weighted by Gasteiger charge is 2.23. The molecule has 1 aromatic heterocycles. The van der Waals surface area contributed by atoms with Gasteiger partial charge < -0.3 is 10.6 Å². The molecule has 1 heterocycles. The van der Waals surface area contributed by atoms with Crippen molar-refractivity contribution in [2.24, 2.45) is 0 Å². The lowest BCUT2D eigenvalue weighted by atomic mass is 10.1. The van der Waals surface area contributed by atoms with Crippen LogP contribution in [-0.2, 0) is 11.3 Å². The first-order chi connectivity index (χ1) is 9.52. The normalized spacial score (nSPS) is 16.2. The average Bonchev–Trinajstić information content (AvgIpc) is 3.14. The highest BCUT2D eigenvalue weighted by atomic mass is 16.1. The van der Waals surface area contributed by atoms with Crippen molar-refractivity contribution < 1.29 is 4.79 Å². The predicted octanol–water partition coefficient (Wildman–Crippen LogP) is 1.84. The fourth-order valence-corrected chi connectivity index (χ4v) is 2.68. The van der Waals surface area contributed by atoms with Crippen LogP contribution in [0.15, 0.2) is 0 Å². The van der Waals surface area contributed by atoms with Crippen molar-refractivity contribution in [2.45, 2.75) is 65.6 Å². The molecule has 0 aliphatic heterocycles. The maximum Gasteiger partial charge on any atom is 0.221 e. The van der Waals surface area contributed by atoms with Gasteiger partial charge in [-0.05, 0) is 40.5 Å².